The smallest absolute Gasteiger partial charge is 0.227 e. The van der Waals surface area contributed by atoms with Crippen molar-refractivity contribution in [3.05, 3.63) is 0 Å². The van der Waals surface area contributed by atoms with Gasteiger partial charge in [0, 0.05) is 37.3 Å². The molecule has 0 aromatic heterocycles. The largest absolute Gasteiger partial charge is 0.342 e. The monoisotopic (exact) mass is 338 g/mol. The molecule has 1 heterocycles. The molecule has 3 fully saturated rings. The van der Waals surface area contributed by atoms with Gasteiger partial charge < -0.3 is 9.80 Å². The maximum atomic E-state index is 12.9. The minimum atomic E-state index is 0.0225. The Balaban J connectivity index is 1.53. The molecule has 0 N–H and O–H groups in total. The second-order valence-electron chi connectivity index (χ2n) is 7.39. The molecule has 0 spiro atoms. The SMILES string of the molecule is CCS[C@@H]1CC[C@@H](N(C)C(=O)[C@@H]2CCCN(C(=O)C3CC3)C2)C1. The van der Waals surface area contributed by atoms with Crippen LogP contribution in [-0.2, 0) is 9.59 Å². The van der Waals surface area contributed by atoms with Crippen molar-refractivity contribution in [1.29, 1.82) is 0 Å². The molecule has 3 rings (SSSR count). The van der Waals surface area contributed by atoms with Crippen molar-refractivity contribution in [1.82, 2.24) is 9.80 Å². The molecular formula is C18H30N2O2S. The van der Waals surface area contributed by atoms with E-state index in [1.165, 1.54) is 6.42 Å². The number of amides is 2. The van der Waals surface area contributed by atoms with Gasteiger partial charge in [-0.05, 0) is 50.7 Å². The molecule has 4 nitrogen and oxygen atoms in total. The molecule has 0 aromatic carbocycles. The summed E-state index contributed by atoms with van der Waals surface area (Å²) in [5.74, 6) is 2.02. The van der Waals surface area contributed by atoms with E-state index in [2.05, 4.69) is 6.92 Å². The summed E-state index contributed by atoms with van der Waals surface area (Å²) >= 11 is 2.03. The zero-order chi connectivity index (χ0) is 16.4. The first-order valence-electron chi connectivity index (χ1n) is 9.27. The van der Waals surface area contributed by atoms with Gasteiger partial charge in [0.15, 0.2) is 0 Å². The number of carbonyl (C=O) groups is 2. The molecule has 2 amide bonds. The molecule has 3 atom stereocenters. The first kappa shape index (κ1) is 17.1. The minimum absolute atomic E-state index is 0.0225. The van der Waals surface area contributed by atoms with Crippen molar-refractivity contribution in [2.24, 2.45) is 11.8 Å². The van der Waals surface area contributed by atoms with Crippen molar-refractivity contribution in [3.63, 3.8) is 0 Å². The van der Waals surface area contributed by atoms with Crippen molar-refractivity contribution in [2.45, 2.75) is 63.2 Å². The molecule has 23 heavy (non-hydrogen) atoms. The lowest BCUT2D eigenvalue weighted by molar-refractivity contribution is -0.141. The normalized spacial score (nSPS) is 31.2. The topological polar surface area (TPSA) is 40.6 Å². The van der Waals surface area contributed by atoms with Crippen LogP contribution in [-0.4, -0.2) is 58.8 Å². The Morgan fingerprint density at radius 1 is 1.13 bits per heavy atom. The average molecular weight is 339 g/mol. The zero-order valence-corrected chi connectivity index (χ0v) is 15.3. The summed E-state index contributed by atoms with van der Waals surface area (Å²) in [6.07, 6.45) is 7.52. The van der Waals surface area contributed by atoms with Crippen molar-refractivity contribution >= 4 is 23.6 Å². The first-order valence-corrected chi connectivity index (χ1v) is 10.3. The van der Waals surface area contributed by atoms with E-state index in [1.54, 1.807) is 0 Å². The average Bonchev–Trinajstić information content (AvgIpc) is 3.32. The number of carbonyl (C=O) groups excluding carboxylic acids is 2. The van der Waals surface area contributed by atoms with Crippen LogP contribution in [0.15, 0.2) is 0 Å². The van der Waals surface area contributed by atoms with E-state index in [0.29, 0.717) is 18.5 Å². The second kappa shape index (κ2) is 7.45. The van der Waals surface area contributed by atoms with Crippen LogP contribution in [0, 0.1) is 11.8 Å². The molecule has 130 valence electrons. The lowest BCUT2D eigenvalue weighted by Crippen LogP contribution is -2.48. The number of hydrogen-bond acceptors (Lipinski definition) is 3. The second-order valence-corrected chi connectivity index (χ2v) is 8.97. The summed E-state index contributed by atoms with van der Waals surface area (Å²) in [6, 6.07) is 0.404. The fourth-order valence-corrected chi connectivity index (χ4v) is 5.22. The fourth-order valence-electron chi connectivity index (χ4n) is 4.09. The molecule has 1 saturated heterocycles. The fraction of sp³-hybridized carbons (Fsp3) is 0.889. The minimum Gasteiger partial charge on any atom is -0.342 e. The predicted octanol–water partition coefficient (Wildman–Crippen LogP) is 2.77. The van der Waals surface area contributed by atoms with Crippen LogP contribution in [0.4, 0.5) is 0 Å². The van der Waals surface area contributed by atoms with Crippen LogP contribution >= 0.6 is 11.8 Å². The van der Waals surface area contributed by atoms with Gasteiger partial charge in [0.25, 0.3) is 0 Å². The molecule has 0 aromatic rings. The van der Waals surface area contributed by atoms with Gasteiger partial charge in [-0.1, -0.05) is 6.92 Å². The van der Waals surface area contributed by atoms with E-state index in [0.717, 1.165) is 56.1 Å². The van der Waals surface area contributed by atoms with Crippen LogP contribution in [0.1, 0.15) is 51.9 Å². The van der Waals surface area contributed by atoms with E-state index < -0.39 is 0 Å². The van der Waals surface area contributed by atoms with Crippen LogP contribution in [0.25, 0.3) is 0 Å². The van der Waals surface area contributed by atoms with Crippen molar-refractivity contribution in [3.8, 4) is 0 Å². The van der Waals surface area contributed by atoms with Gasteiger partial charge in [-0.3, -0.25) is 9.59 Å². The van der Waals surface area contributed by atoms with Crippen LogP contribution in [0.3, 0.4) is 0 Å². The predicted molar refractivity (Wildman–Crippen MR) is 94.4 cm³/mol. The highest BCUT2D eigenvalue weighted by molar-refractivity contribution is 7.99. The maximum absolute atomic E-state index is 12.9. The first-order chi connectivity index (χ1) is 11.1. The summed E-state index contributed by atoms with van der Waals surface area (Å²) in [5.41, 5.74) is 0. The summed E-state index contributed by atoms with van der Waals surface area (Å²) in [6.45, 7) is 3.71. The Bertz CT molecular complexity index is 452. The van der Waals surface area contributed by atoms with Gasteiger partial charge in [0.1, 0.15) is 0 Å². The lowest BCUT2D eigenvalue weighted by atomic mass is 9.95. The van der Waals surface area contributed by atoms with Gasteiger partial charge >= 0.3 is 0 Å². The van der Waals surface area contributed by atoms with Gasteiger partial charge in [0.2, 0.25) is 11.8 Å². The van der Waals surface area contributed by atoms with E-state index in [4.69, 9.17) is 0 Å². The van der Waals surface area contributed by atoms with E-state index in [9.17, 15) is 9.59 Å². The molecule has 2 saturated carbocycles. The van der Waals surface area contributed by atoms with Gasteiger partial charge in [0.05, 0.1) is 5.92 Å². The number of hydrogen-bond donors (Lipinski definition) is 0. The standard InChI is InChI=1S/C18H30N2O2S/c1-3-23-16-9-8-15(11-16)19(2)17(21)14-5-4-10-20(12-14)18(22)13-6-7-13/h13-16H,3-12H2,1-2H3/t14-,15-,16-/m1/s1. The van der Waals surface area contributed by atoms with E-state index >= 15 is 0 Å². The quantitative estimate of drug-likeness (QED) is 0.774. The third-order valence-corrected chi connectivity index (χ3v) is 6.90. The third kappa shape index (κ3) is 4.04. The third-order valence-electron chi connectivity index (χ3n) is 5.66. The molecular weight excluding hydrogens is 308 g/mol. The Kier molecular flexibility index (Phi) is 5.55. The molecule has 0 unspecified atom stereocenters. The highest BCUT2D eigenvalue weighted by Gasteiger charge is 2.38. The molecule has 5 heteroatoms. The number of thioether (sulfide) groups is 1. The van der Waals surface area contributed by atoms with E-state index in [-0.39, 0.29) is 17.7 Å². The molecule has 1 aliphatic heterocycles. The van der Waals surface area contributed by atoms with Gasteiger partial charge in [-0.25, -0.2) is 0 Å². The molecule has 0 bridgehead atoms. The maximum Gasteiger partial charge on any atom is 0.227 e. The summed E-state index contributed by atoms with van der Waals surface area (Å²) < 4.78 is 0. The molecule has 2 aliphatic carbocycles. The van der Waals surface area contributed by atoms with Gasteiger partial charge in [-0.2, -0.15) is 11.8 Å². The van der Waals surface area contributed by atoms with Crippen LogP contribution < -0.4 is 0 Å². The van der Waals surface area contributed by atoms with E-state index in [1.807, 2.05) is 28.6 Å². The Morgan fingerprint density at radius 2 is 1.91 bits per heavy atom. The summed E-state index contributed by atoms with van der Waals surface area (Å²) in [5, 5.41) is 0.722. The number of rotatable bonds is 5. The number of likely N-dealkylation sites (tertiary alicyclic amines) is 1. The Hall–Kier alpha value is -0.710. The summed E-state index contributed by atoms with van der Waals surface area (Å²) in [7, 11) is 1.98. The summed E-state index contributed by atoms with van der Waals surface area (Å²) in [4.78, 5) is 29.1. The number of piperidine rings is 1. The molecule has 0 radical (unpaired) electrons. The van der Waals surface area contributed by atoms with Crippen LogP contribution in [0.2, 0.25) is 0 Å². The highest BCUT2D eigenvalue weighted by atomic mass is 32.2. The van der Waals surface area contributed by atoms with Crippen molar-refractivity contribution in [2.75, 3.05) is 25.9 Å². The Morgan fingerprint density at radius 3 is 2.61 bits per heavy atom. The number of nitrogens with zero attached hydrogens (tertiary/aromatic N) is 2. The van der Waals surface area contributed by atoms with Crippen molar-refractivity contribution < 1.29 is 9.59 Å². The van der Waals surface area contributed by atoms with Crippen LogP contribution in [0.5, 0.6) is 0 Å². The molecule has 3 aliphatic rings. The lowest BCUT2D eigenvalue weighted by Gasteiger charge is -2.35. The van der Waals surface area contributed by atoms with Gasteiger partial charge in [-0.15, -0.1) is 0 Å². The highest BCUT2D eigenvalue weighted by Crippen LogP contribution is 2.35. The Labute approximate surface area is 144 Å². The zero-order valence-electron chi connectivity index (χ0n) is 14.5.